The number of carbonyl (C=O) groups is 2. The number of Topliss-reactive ketones (excluding diaryl/α,β-unsaturated/α-hetero) is 1. The number of carbonyl (C=O) groups excluding carboxylic acids is 2. The fourth-order valence-electron chi connectivity index (χ4n) is 3.73. The summed E-state index contributed by atoms with van der Waals surface area (Å²) in [6.07, 6.45) is 0. The van der Waals surface area contributed by atoms with Crippen LogP contribution in [0.5, 0.6) is 11.5 Å². The Balaban J connectivity index is 1.84. The molecule has 1 unspecified atom stereocenters. The van der Waals surface area contributed by atoms with Gasteiger partial charge in [-0.05, 0) is 29.6 Å². The number of thiophene rings is 1. The lowest BCUT2D eigenvalue weighted by Crippen LogP contribution is -2.29. The van der Waals surface area contributed by atoms with Gasteiger partial charge in [0, 0.05) is 16.0 Å². The van der Waals surface area contributed by atoms with E-state index in [0.717, 1.165) is 10.4 Å². The van der Waals surface area contributed by atoms with Crippen LogP contribution >= 0.6 is 11.3 Å². The quantitative estimate of drug-likeness (QED) is 0.353. The van der Waals surface area contributed by atoms with Gasteiger partial charge in [0.15, 0.2) is 0 Å². The maximum Gasteiger partial charge on any atom is 0.295 e. The van der Waals surface area contributed by atoms with Gasteiger partial charge in [-0.25, -0.2) is 0 Å². The van der Waals surface area contributed by atoms with Gasteiger partial charge < -0.3 is 19.5 Å². The second-order valence-corrected chi connectivity index (χ2v) is 7.97. The molecule has 1 aliphatic rings. The summed E-state index contributed by atoms with van der Waals surface area (Å²) in [6, 6.07) is 17.1. The van der Waals surface area contributed by atoms with E-state index in [1.165, 1.54) is 23.3 Å². The van der Waals surface area contributed by atoms with Crippen LogP contribution in [-0.4, -0.2) is 35.9 Å². The van der Waals surface area contributed by atoms with E-state index in [1.807, 2.05) is 41.8 Å². The lowest BCUT2D eigenvalue weighted by molar-refractivity contribution is -0.140. The van der Waals surface area contributed by atoms with E-state index in [-0.39, 0.29) is 17.9 Å². The van der Waals surface area contributed by atoms with Crippen LogP contribution < -0.4 is 9.47 Å². The van der Waals surface area contributed by atoms with Crippen molar-refractivity contribution in [3.63, 3.8) is 0 Å². The van der Waals surface area contributed by atoms with Crippen molar-refractivity contribution in [2.45, 2.75) is 12.6 Å². The zero-order chi connectivity index (χ0) is 22.0. The third-order valence-corrected chi connectivity index (χ3v) is 6.15. The Hall–Kier alpha value is -3.58. The van der Waals surface area contributed by atoms with Crippen LogP contribution in [-0.2, 0) is 16.1 Å². The van der Waals surface area contributed by atoms with Crippen molar-refractivity contribution in [2.24, 2.45) is 0 Å². The molecule has 7 heteroatoms. The summed E-state index contributed by atoms with van der Waals surface area (Å²) >= 11 is 1.43. The number of hydrogen-bond donors (Lipinski definition) is 1. The summed E-state index contributed by atoms with van der Waals surface area (Å²) in [5, 5.41) is 13.0. The number of aliphatic hydroxyl groups excluding tert-OH is 1. The zero-order valence-corrected chi connectivity index (χ0v) is 17.9. The number of amides is 1. The Bertz CT molecular complexity index is 1150. The van der Waals surface area contributed by atoms with Crippen LogP contribution in [0, 0.1) is 0 Å². The van der Waals surface area contributed by atoms with Gasteiger partial charge in [0.25, 0.3) is 11.7 Å². The standard InChI is InChI=1S/C24H21NO5S/c1-29-17-9-5-8-15(13-17)22(26)20-21(19-11-6-12-31-19)25(24(28)23(20)27)14-16-7-3-4-10-18(16)30-2/h3-13,21,26H,14H2,1-2H3/b22-20-. The number of methoxy groups -OCH3 is 2. The summed E-state index contributed by atoms with van der Waals surface area (Å²) in [7, 11) is 3.09. The molecule has 2 aromatic carbocycles. The molecule has 31 heavy (non-hydrogen) atoms. The van der Waals surface area contributed by atoms with Crippen LogP contribution in [0.4, 0.5) is 0 Å². The number of ketones is 1. The summed E-state index contributed by atoms with van der Waals surface area (Å²) in [5.74, 6) is -0.428. The predicted octanol–water partition coefficient (Wildman–Crippen LogP) is 4.39. The number of ether oxygens (including phenoxy) is 2. The largest absolute Gasteiger partial charge is 0.507 e. The summed E-state index contributed by atoms with van der Waals surface area (Å²) in [5.41, 5.74) is 1.25. The van der Waals surface area contributed by atoms with Crippen molar-refractivity contribution in [3.05, 3.63) is 87.6 Å². The Morgan fingerprint density at radius 1 is 1.03 bits per heavy atom. The topological polar surface area (TPSA) is 76.1 Å². The zero-order valence-electron chi connectivity index (χ0n) is 17.1. The van der Waals surface area contributed by atoms with Crippen molar-refractivity contribution in [3.8, 4) is 11.5 Å². The normalized spacial score (nSPS) is 17.7. The van der Waals surface area contributed by atoms with Gasteiger partial charge in [0.05, 0.1) is 32.4 Å². The second-order valence-electron chi connectivity index (χ2n) is 6.99. The molecular formula is C24H21NO5S. The second kappa shape index (κ2) is 8.65. The third kappa shape index (κ3) is 3.80. The van der Waals surface area contributed by atoms with E-state index in [2.05, 4.69) is 0 Å². The molecule has 0 aliphatic carbocycles. The van der Waals surface area contributed by atoms with Crippen LogP contribution in [0.15, 0.2) is 71.6 Å². The van der Waals surface area contributed by atoms with Crippen molar-refractivity contribution >= 4 is 28.8 Å². The first kappa shape index (κ1) is 20.7. The lowest BCUT2D eigenvalue weighted by Gasteiger charge is -2.25. The molecule has 1 N–H and O–H groups in total. The Morgan fingerprint density at radius 2 is 1.84 bits per heavy atom. The molecule has 1 fully saturated rings. The fourth-order valence-corrected chi connectivity index (χ4v) is 4.57. The number of benzene rings is 2. The van der Waals surface area contributed by atoms with E-state index < -0.39 is 17.7 Å². The molecule has 0 bridgehead atoms. The van der Waals surface area contributed by atoms with Crippen LogP contribution in [0.2, 0.25) is 0 Å². The van der Waals surface area contributed by atoms with Gasteiger partial charge in [0.2, 0.25) is 0 Å². The van der Waals surface area contributed by atoms with Gasteiger partial charge in [-0.1, -0.05) is 36.4 Å². The molecule has 4 rings (SSSR count). The molecule has 1 aliphatic heterocycles. The number of rotatable bonds is 6. The summed E-state index contributed by atoms with van der Waals surface area (Å²) in [4.78, 5) is 28.4. The highest BCUT2D eigenvalue weighted by Crippen LogP contribution is 2.42. The van der Waals surface area contributed by atoms with E-state index in [1.54, 1.807) is 31.4 Å². The third-order valence-electron chi connectivity index (χ3n) is 5.23. The van der Waals surface area contributed by atoms with Crippen molar-refractivity contribution in [1.82, 2.24) is 4.90 Å². The SMILES string of the molecule is COc1cccc(/C(O)=C2/C(=O)C(=O)N(Cc3ccccc3OC)C2c2cccs2)c1. The smallest absolute Gasteiger partial charge is 0.295 e. The predicted molar refractivity (Wildman–Crippen MR) is 118 cm³/mol. The molecule has 0 saturated carbocycles. The molecule has 1 aromatic heterocycles. The first-order chi connectivity index (χ1) is 15.0. The Kier molecular flexibility index (Phi) is 5.77. The first-order valence-electron chi connectivity index (χ1n) is 9.63. The molecule has 0 spiro atoms. The van der Waals surface area contributed by atoms with E-state index in [0.29, 0.717) is 17.1 Å². The number of para-hydroxylation sites is 1. The molecule has 1 amide bonds. The monoisotopic (exact) mass is 435 g/mol. The van der Waals surface area contributed by atoms with Crippen LogP contribution in [0.3, 0.4) is 0 Å². The molecule has 158 valence electrons. The fraction of sp³-hybridized carbons (Fsp3) is 0.167. The van der Waals surface area contributed by atoms with E-state index >= 15 is 0 Å². The average Bonchev–Trinajstić information content (AvgIpc) is 3.42. The van der Waals surface area contributed by atoms with Gasteiger partial charge in [0.1, 0.15) is 17.3 Å². The van der Waals surface area contributed by atoms with Crippen LogP contribution in [0.1, 0.15) is 22.0 Å². The highest BCUT2D eigenvalue weighted by Gasteiger charge is 2.46. The van der Waals surface area contributed by atoms with Gasteiger partial charge in [-0.15, -0.1) is 11.3 Å². The number of nitrogens with zero attached hydrogens (tertiary/aromatic N) is 1. The highest BCUT2D eigenvalue weighted by atomic mass is 32.1. The molecule has 0 radical (unpaired) electrons. The summed E-state index contributed by atoms with van der Waals surface area (Å²) in [6.45, 7) is 0.173. The average molecular weight is 436 g/mol. The minimum Gasteiger partial charge on any atom is -0.507 e. The number of hydrogen-bond acceptors (Lipinski definition) is 6. The van der Waals surface area contributed by atoms with Gasteiger partial charge in [-0.3, -0.25) is 9.59 Å². The molecular weight excluding hydrogens is 414 g/mol. The van der Waals surface area contributed by atoms with E-state index in [9.17, 15) is 14.7 Å². The van der Waals surface area contributed by atoms with Gasteiger partial charge in [-0.2, -0.15) is 0 Å². The molecule has 1 saturated heterocycles. The molecule has 1 atom stereocenters. The summed E-state index contributed by atoms with van der Waals surface area (Å²) < 4.78 is 10.6. The van der Waals surface area contributed by atoms with Gasteiger partial charge >= 0.3 is 0 Å². The molecule has 2 heterocycles. The Labute approximate surface area is 184 Å². The number of likely N-dealkylation sites (tertiary alicyclic amines) is 1. The molecule has 3 aromatic rings. The van der Waals surface area contributed by atoms with Crippen molar-refractivity contribution < 1.29 is 24.2 Å². The minimum absolute atomic E-state index is 0.0654. The van der Waals surface area contributed by atoms with Crippen molar-refractivity contribution in [2.75, 3.05) is 14.2 Å². The first-order valence-corrected chi connectivity index (χ1v) is 10.5. The Morgan fingerprint density at radius 3 is 2.55 bits per heavy atom. The van der Waals surface area contributed by atoms with Crippen LogP contribution in [0.25, 0.3) is 5.76 Å². The number of aliphatic hydroxyl groups is 1. The lowest BCUT2D eigenvalue weighted by atomic mass is 9.99. The minimum atomic E-state index is -0.714. The highest BCUT2D eigenvalue weighted by molar-refractivity contribution is 7.10. The molecule has 6 nitrogen and oxygen atoms in total. The van der Waals surface area contributed by atoms with E-state index in [4.69, 9.17) is 9.47 Å². The van der Waals surface area contributed by atoms with Crippen molar-refractivity contribution in [1.29, 1.82) is 0 Å². The maximum absolute atomic E-state index is 13.1. The maximum atomic E-state index is 13.1.